The highest BCUT2D eigenvalue weighted by Crippen LogP contribution is 2.45. The normalized spacial score (nSPS) is 29.5. The second-order valence-corrected chi connectivity index (χ2v) is 6.48. The summed E-state index contributed by atoms with van der Waals surface area (Å²) in [6.07, 6.45) is 2.88. The molecule has 3 atom stereocenters. The van der Waals surface area contributed by atoms with E-state index in [1.807, 2.05) is 19.1 Å². The second kappa shape index (κ2) is 4.85. The van der Waals surface area contributed by atoms with Gasteiger partial charge in [0.2, 0.25) is 0 Å². The molecule has 1 aromatic rings. The van der Waals surface area contributed by atoms with Crippen LogP contribution in [0.4, 0.5) is 0 Å². The van der Waals surface area contributed by atoms with Crippen LogP contribution in [0.2, 0.25) is 5.02 Å². The fraction of sp³-hybridized carbons (Fsp3) is 0.412. The Morgan fingerprint density at radius 2 is 2.09 bits per heavy atom. The van der Waals surface area contributed by atoms with Gasteiger partial charge in [0.1, 0.15) is 11.9 Å². The first-order chi connectivity index (χ1) is 10.6. The molecule has 0 saturated carbocycles. The van der Waals surface area contributed by atoms with Crippen molar-refractivity contribution < 1.29 is 19.1 Å². The van der Waals surface area contributed by atoms with Crippen LogP contribution in [0.1, 0.15) is 28.8 Å². The molecule has 114 valence electrons. The minimum atomic E-state index is -0.320. The van der Waals surface area contributed by atoms with Gasteiger partial charge >= 0.3 is 5.97 Å². The average Bonchev–Trinajstić information content (AvgIpc) is 2.49. The van der Waals surface area contributed by atoms with Gasteiger partial charge < -0.3 is 9.47 Å². The molecule has 0 N–H and O–H groups in total. The smallest absolute Gasteiger partial charge is 0.333 e. The van der Waals surface area contributed by atoms with Gasteiger partial charge in [0.25, 0.3) is 0 Å². The van der Waals surface area contributed by atoms with Crippen molar-refractivity contribution in [1.29, 1.82) is 0 Å². The largest absolute Gasteiger partial charge is 0.489 e. The highest BCUT2D eigenvalue weighted by molar-refractivity contribution is 6.32. The van der Waals surface area contributed by atoms with E-state index >= 15 is 0 Å². The van der Waals surface area contributed by atoms with Crippen molar-refractivity contribution in [3.05, 3.63) is 39.9 Å². The zero-order valence-corrected chi connectivity index (χ0v) is 12.9. The first kappa shape index (κ1) is 13.8. The standard InChI is InChI=1S/C17H15ClO4/c1-8-6-14-11(7-12(8)18)16(19)15-9-4-5-21-17(20)10(9)2-3-13(15)22-14/h2,6-7,9,13,15H,3-5H2,1H3/t9-,13+,15+/m0/s1. The first-order valence-corrected chi connectivity index (χ1v) is 7.82. The summed E-state index contributed by atoms with van der Waals surface area (Å²) in [5.41, 5.74) is 2.04. The zero-order valence-electron chi connectivity index (χ0n) is 12.1. The van der Waals surface area contributed by atoms with Gasteiger partial charge in [-0.15, -0.1) is 0 Å². The number of rotatable bonds is 0. The molecule has 3 aliphatic rings. The molecule has 4 rings (SSSR count). The van der Waals surface area contributed by atoms with Crippen LogP contribution in [0.5, 0.6) is 5.75 Å². The fourth-order valence-corrected chi connectivity index (χ4v) is 3.85. The Kier molecular flexibility index (Phi) is 3.05. The number of carbonyl (C=O) groups is 2. The van der Waals surface area contributed by atoms with E-state index in [4.69, 9.17) is 21.1 Å². The molecule has 0 spiro atoms. The van der Waals surface area contributed by atoms with Gasteiger partial charge in [-0.3, -0.25) is 4.79 Å². The number of ether oxygens (including phenoxy) is 2. The van der Waals surface area contributed by atoms with Gasteiger partial charge in [-0.25, -0.2) is 4.79 Å². The Hall–Kier alpha value is -1.81. The number of aryl methyl sites for hydroxylation is 1. The SMILES string of the molecule is Cc1cc2c(cc1Cl)C(=O)[C@H]1[C@@H](CC=C3C(=O)OCC[C@@H]31)O2. The number of hydrogen-bond donors (Lipinski definition) is 0. The second-order valence-electron chi connectivity index (χ2n) is 6.07. The number of carbonyl (C=O) groups excluding carboxylic acids is 2. The molecule has 0 bridgehead atoms. The van der Waals surface area contributed by atoms with Crippen LogP contribution in [-0.4, -0.2) is 24.5 Å². The molecule has 5 heteroatoms. The summed E-state index contributed by atoms with van der Waals surface area (Å²) in [5, 5.41) is 0.559. The number of esters is 1. The van der Waals surface area contributed by atoms with Crippen LogP contribution in [0.25, 0.3) is 0 Å². The van der Waals surface area contributed by atoms with Crippen molar-refractivity contribution >= 4 is 23.4 Å². The molecule has 2 aliphatic heterocycles. The number of fused-ring (bicyclic) bond motifs is 4. The van der Waals surface area contributed by atoms with Crippen molar-refractivity contribution in [1.82, 2.24) is 0 Å². The number of cyclic esters (lactones) is 1. The van der Waals surface area contributed by atoms with Gasteiger partial charge in [0.05, 0.1) is 18.1 Å². The minimum Gasteiger partial charge on any atom is -0.489 e. The van der Waals surface area contributed by atoms with E-state index in [2.05, 4.69) is 0 Å². The quantitative estimate of drug-likeness (QED) is 0.690. The Balaban J connectivity index is 1.78. The topological polar surface area (TPSA) is 52.6 Å². The third kappa shape index (κ3) is 1.90. The molecule has 0 amide bonds. The highest BCUT2D eigenvalue weighted by atomic mass is 35.5. The third-order valence-corrected chi connectivity index (χ3v) is 5.22. The number of hydrogen-bond acceptors (Lipinski definition) is 4. The summed E-state index contributed by atoms with van der Waals surface area (Å²) in [7, 11) is 0. The lowest BCUT2D eigenvalue weighted by atomic mass is 9.70. The predicted octanol–water partition coefficient (Wildman–Crippen LogP) is 3.10. The third-order valence-electron chi connectivity index (χ3n) is 4.81. The molecule has 1 aliphatic carbocycles. The Bertz CT molecular complexity index is 722. The lowest BCUT2D eigenvalue weighted by Gasteiger charge is -2.41. The fourth-order valence-electron chi connectivity index (χ4n) is 3.69. The maximum Gasteiger partial charge on any atom is 0.333 e. The van der Waals surface area contributed by atoms with Crippen LogP contribution < -0.4 is 4.74 Å². The van der Waals surface area contributed by atoms with Gasteiger partial charge in [-0.2, -0.15) is 0 Å². The van der Waals surface area contributed by atoms with Crippen molar-refractivity contribution in [2.24, 2.45) is 11.8 Å². The Labute approximate surface area is 133 Å². The Morgan fingerprint density at radius 3 is 2.91 bits per heavy atom. The molecule has 1 aromatic carbocycles. The minimum absolute atomic E-state index is 0.0263. The summed E-state index contributed by atoms with van der Waals surface area (Å²) in [4.78, 5) is 24.8. The van der Waals surface area contributed by atoms with Crippen molar-refractivity contribution in [2.45, 2.75) is 25.9 Å². The Morgan fingerprint density at radius 1 is 1.27 bits per heavy atom. The van der Waals surface area contributed by atoms with Crippen LogP contribution in [0.3, 0.4) is 0 Å². The van der Waals surface area contributed by atoms with Crippen LogP contribution in [-0.2, 0) is 9.53 Å². The van der Waals surface area contributed by atoms with Gasteiger partial charge in [0.15, 0.2) is 5.78 Å². The number of benzene rings is 1. The summed E-state index contributed by atoms with van der Waals surface area (Å²) < 4.78 is 11.1. The number of Topliss-reactive ketones (excluding diaryl/α,β-unsaturated/α-hetero) is 1. The van der Waals surface area contributed by atoms with E-state index in [0.717, 1.165) is 5.56 Å². The molecular formula is C17H15ClO4. The molecule has 0 radical (unpaired) electrons. The van der Waals surface area contributed by atoms with E-state index < -0.39 is 0 Å². The maximum absolute atomic E-state index is 13.0. The maximum atomic E-state index is 13.0. The van der Waals surface area contributed by atoms with E-state index in [0.29, 0.717) is 41.4 Å². The molecule has 0 aromatic heterocycles. The monoisotopic (exact) mass is 318 g/mol. The van der Waals surface area contributed by atoms with Gasteiger partial charge in [-0.1, -0.05) is 17.7 Å². The summed E-state index contributed by atoms with van der Waals surface area (Å²) in [5.74, 6) is -0.100. The van der Waals surface area contributed by atoms with Crippen LogP contribution in [0, 0.1) is 18.8 Å². The van der Waals surface area contributed by atoms with E-state index in [1.165, 1.54) is 0 Å². The first-order valence-electron chi connectivity index (χ1n) is 7.44. The van der Waals surface area contributed by atoms with Gasteiger partial charge in [-0.05, 0) is 31.0 Å². The molecule has 1 fully saturated rings. The summed E-state index contributed by atoms with van der Waals surface area (Å²) >= 11 is 6.15. The summed E-state index contributed by atoms with van der Waals surface area (Å²) in [6.45, 7) is 2.25. The lowest BCUT2D eigenvalue weighted by molar-refractivity contribution is -0.143. The van der Waals surface area contributed by atoms with Crippen LogP contribution >= 0.6 is 11.6 Å². The van der Waals surface area contributed by atoms with Crippen molar-refractivity contribution in [3.63, 3.8) is 0 Å². The van der Waals surface area contributed by atoms with Crippen molar-refractivity contribution in [2.75, 3.05) is 6.61 Å². The number of ketones is 1. The zero-order chi connectivity index (χ0) is 15.4. The molecule has 4 nitrogen and oxygen atoms in total. The van der Waals surface area contributed by atoms with Crippen molar-refractivity contribution in [3.8, 4) is 5.75 Å². The molecule has 2 heterocycles. The lowest BCUT2D eigenvalue weighted by Crippen LogP contribution is -2.47. The van der Waals surface area contributed by atoms with Crippen LogP contribution in [0.15, 0.2) is 23.8 Å². The van der Waals surface area contributed by atoms with Gasteiger partial charge in [0, 0.05) is 22.9 Å². The molecular weight excluding hydrogens is 304 g/mol. The molecule has 22 heavy (non-hydrogen) atoms. The predicted molar refractivity (Wildman–Crippen MR) is 80.2 cm³/mol. The molecule has 1 saturated heterocycles. The number of halogens is 1. The highest BCUT2D eigenvalue weighted by Gasteiger charge is 2.48. The molecule has 0 unspecified atom stereocenters. The van der Waals surface area contributed by atoms with E-state index in [9.17, 15) is 9.59 Å². The van der Waals surface area contributed by atoms with E-state index in [1.54, 1.807) is 6.07 Å². The summed E-state index contributed by atoms with van der Waals surface area (Å²) in [6, 6.07) is 3.50. The average molecular weight is 319 g/mol. The van der Waals surface area contributed by atoms with E-state index in [-0.39, 0.29) is 29.7 Å².